The quantitative estimate of drug-likeness (QED) is 0.688. The Balaban J connectivity index is 2.34. The number of hydrogen-bond donors (Lipinski definition) is 2. The predicted molar refractivity (Wildman–Crippen MR) is 55.1 cm³/mol. The minimum Gasteiger partial charge on any atom is -0.375 e. The Bertz CT molecular complexity index is 204. The lowest BCUT2D eigenvalue weighted by molar-refractivity contribution is -0.123. The zero-order valence-corrected chi connectivity index (χ0v) is 9.22. The third-order valence-electron chi connectivity index (χ3n) is 2.40. The van der Waals surface area contributed by atoms with Crippen molar-refractivity contribution in [1.82, 2.24) is 10.6 Å². The molecule has 1 fully saturated rings. The van der Waals surface area contributed by atoms with Crippen molar-refractivity contribution in [2.24, 2.45) is 0 Å². The van der Waals surface area contributed by atoms with Crippen molar-refractivity contribution in [3.63, 3.8) is 0 Å². The van der Waals surface area contributed by atoms with E-state index in [1.54, 1.807) is 7.05 Å². The Morgan fingerprint density at radius 1 is 1.57 bits per heavy atom. The van der Waals surface area contributed by atoms with E-state index in [1.807, 2.05) is 0 Å². The molecule has 1 unspecified atom stereocenters. The molecule has 0 radical (unpaired) electrons. The molecule has 4 nitrogen and oxygen atoms in total. The third kappa shape index (κ3) is 3.64. The first-order chi connectivity index (χ1) is 6.53. The summed E-state index contributed by atoms with van der Waals surface area (Å²) in [6.45, 7) is 5.24. The van der Waals surface area contributed by atoms with E-state index in [2.05, 4.69) is 24.5 Å². The topological polar surface area (TPSA) is 50.4 Å². The van der Waals surface area contributed by atoms with Gasteiger partial charge in [-0.1, -0.05) is 0 Å². The van der Waals surface area contributed by atoms with Gasteiger partial charge >= 0.3 is 0 Å². The van der Waals surface area contributed by atoms with Crippen molar-refractivity contribution in [2.75, 3.05) is 20.2 Å². The van der Waals surface area contributed by atoms with Crippen molar-refractivity contribution in [2.45, 2.75) is 38.3 Å². The van der Waals surface area contributed by atoms with Gasteiger partial charge in [-0.2, -0.15) is 0 Å². The highest BCUT2D eigenvalue weighted by Crippen LogP contribution is 2.23. The van der Waals surface area contributed by atoms with Gasteiger partial charge in [-0.15, -0.1) is 0 Å². The maximum Gasteiger partial charge on any atom is 0.234 e. The fourth-order valence-corrected chi connectivity index (χ4v) is 1.79. The van der Waals surface area contributed by atoms with E-state index in [0.29, 0.717) is 6.54 Å². The van der Waals surface area contributed by atoms with Crippen LogP contribution in [0.3, 0.4) is 0 Å². The SMILES string of the molecule is CNCC(=O)NC1CCOC(C)(C)C1. The minimum atomic E-state index is -0.101. The van der Waals surface area contributed by atoms with Crippen LogP contribution in [-0.2, 0) is 9.53 Å². The highest BCUT2D eigenvalue weighted by Gasteiger charge is 2.29. The molecule has 0 aromatic carbocycles. The molecule has 4 heteroatoms. The summed E-state index contributed by atoms with van der Waals surface area (Å²) in [6, 6.07) is 0.264. The monoisotopic (exact) mass is 200 g/mol. The van der Waals surface area contributed by atoms with E-state index >= 15 is 0 Å². The second-order valence-corrected chi connectivity index (χ2v) is 4.40. The summed E-state index contributed by atoms with van der Waals surface area (Å²) in [5.41, 5.74) is -0.101. The zero-order chi connectivity index (χ0) is 10.6. The molecule has 1 rings (SSSR count). The van der Waals surface area contributed by atoms with Gasteiger partial charge in [-0.25, -0.2) is 0 Å². The Morgan fingerprint density at radius 3 is 2.86 bits per heavy atom. The molecule has 14 heavy (non-hydrogen) atoms. The van der Waals surface area contributed by atoms with Gasteiger partial charge in [0.25, 0.3) is 0 Å². The average molecular weight is 200 g/mol. The molecular formula is C10H20N2O2. The summed E-state index contributed by atoms with van der Waals surface area (Å²) in [5.74, 6) is 0.0650. The lowest BCUT2D eigenvalue weighted by atomic mass is 9.94. The van der Waals surface area contributed by atoms with Crippen LogP contribution in [-0.4, -0.2) is 37.7 Å². The first-order valence-corrected chi connectivity index (χ1v) is 5.11. The van der Waals surface area contributed by atoms with Crippen molar-refractivity contribution in [1.29, 1.82) is 0 Å². The van der Waals surface area contributed by atoms with Gasteiger partial charge in [-0.3, -0.25) is 4.79 Å². The van der Waals surface area contributed by atoms with Gasteiger partial charge in [-0.05, 0) is 33.7 Å². The molecule has 0 bridgehead atoms. The maximum atomic E-state index is 11.3. The molecule has 1 aliphatic heterocycles. The van der Waals surface area contributed by atoms with Crippen LogP contribution < -0.4 is 10.6 Å². The van der Waals surface area contributed by atoms with Crippen LogP contribution in [0.2, 0.25) is 0 Å². The standard InChI is InChI=1S/C10H20N2O2/c1-10(2)6-8(4-5-14-10)12-9(13)7-11-3/h8,11H,4-7H2,1-3H3,(H,12,13). The van der Waals surface area contributed by atoms with E-state index in [-0.39, 0.29) is 17.6 Å². The molecular weight excluding hydrogens is 180 g/mol. The molecule has 82 valence electrons. The first-order valence-electron chi connectivity index (χ1n) is 5.11. The predicted octanol–water partition coefficient (Wildman–Crippen LogP) is 0.280. The van der Waals surface area contributed by atoms with Crippen LogP contribution in [0.5, 0.6) is 0 Å². The molecule has 2 N–H and O–H groups in total. The fraction of sp³-hybridized carbons (Fsp3) is 0.900. The van der Waals surface area contributed by atoms with E-state index < -0.39 is 0 Å². The third-order valence-corrected chi connectivity index (χ3v) is 2.40. The zero-order valence-electron chi connectivity index (χ0n) is 9.22. The number of hydrogen-bond acceptors (Lipinski definition) is 3. The summed E-state index contributed by atoms with van der Waals surface area (Å²) in [7, 11) is 1.77. The Labute approximate surface area is 85.4 Å². The molecule has 0 spiro atoms. The number of ether oxygens (including phenoxy) is 1. The van der Waals surface area contributed by atoms with Crippen LogP contribution in [0.4, 0.5) is 0 Å². The number of rotatable bonds is 3. The number of carbonyl (C=O) groups excluding carboxylic acids is 1. The van der Waals surface area contributed by atoms with E-state index in [9.17, 15) is 4.79 Å². The lowest BCUT2D eigenvalue weighted by Gasteiger charge is -2.35. The van der Waals surface area contributed by atoms with Crippen molar-refractivity contribution in [3.05, 3.63) is 0 Å². The Kier molecular flexibility index (Phi) is 3.89. The molecule has 0 aromatic heterocycles. The van der Waals surface area contributed by atoms with Crippen molar-refractivity contribution < 1.29 is 9.53 Å². The van der Waals surface area contributed by atoms with E-state index in [4.69, 9.17) is 4.74 Å². The molecule has 1 aliphatic rings. The normalized spacial score (nSPS) is 25.8. The van der Waals surface area contributed by atoms with Gasteiger partial charge in [0, 0.05) is 12.6 Å². The first kappa shape index (κ1) is 11.5. The van der Waals surface area contributed by atoms with Crippen LogP contribution in [0.25, 0.3) is 0 Å². The summed E-state index contributed by atoms with van der Waals surface area (Å²) in [5, 5.41) is 5.83. The lowest BCUT2D eigenvalue weighted by Crippen LogP contribution is -2.47. The summed E-state index contributed by atoms with van der Waals surface area (Å²) in [4.78, 5) is 11.3. The van der Waals surface area contributed by atoms with Gasteiger partial charge < -0.3 is 15.4 Å². The molecule has 0 saturated carbocycles. The molecule has 1 amide bonds. The average Bonchev–Trinajstić information content (AvgIpc) is 2.02. The number of carbonyl (C=O) groups is 1. The van der Waals surface area contributed by atoms with Crippen molar-refractivity contribution in [3.8, 4) is 0 Å². The van der Waals surface area contributed by atoms with Gasteiger partial charge in [0.2, 0.25) is 5.91 Å². The number of amides is 1. The largest absolute Gasteiger partial charge is 0.375 e. The molecule has 1 heterocycles. The van der Waals surface area contributed by atoms with Gasteiger partial charge in [0.05, 0.1) is 12.1 Å². The van der Waals surface area contributed by atoms with Crippen LogP contribution in [0.15, 0.2) is 0 Å². The highest BCUT2D eigenvalue weighted by atomic mass is 16.5. The second-order valence-electron chi connectivity index (χ2n) is 4.40. The van der Waals surface area contributed by atoms with Gasteiger partial charge in [0.15, 0.2) is 0 Å². The van der Waals surface area contributed by atoms with Crippen LogP contribution in [0.1, 0.15) is 26.7 Å². The molecule has 1 saturated heterocycles. The minimum absolute atomic E-state index is 0.0650. The van der Waals surface area contributed by atoms with E-state index in [1.165, 1.54) is 0 Å². The summed E-state index contributed by atoms with van der Waals surface area (Å²) < 4.78 is 5.57. The Morgan fingerprint density at radius 2 is 2.29 bits per heavy atom. The van der Waals surface area contributed by atoms with E-state index in [0.717, 1.165) is 19.4 Å². The van der Waals surface area contributed by atoms with Gasteiger partial charge in [0.1, 0.15) is 0 Å². The molecule has 1 atom stereocenters. The number of nitrogens with one attached hydrogen (secondary N) is 2. The highest BCUT2D eigenvalue weighted by molar-refractivity contribution is 5.78. The van der Waals surface area contributed by atoms with Crippen LogP contribution >= 0.6 is 0 Å². The maximum absolute atomic E-state index is 11.3. The number of likely N-dealkylation sites (N-methyl/N-ethyl adjacent to an activating group) is 1. The second kappa shape index (κ2) is 4.75. The molecule has 0 aliphatic carbocycles. The molecule has 0 aromatic rings. The van der Waals surface area contributed by atoms with Crippen LogP contribution in [0, 0.1) is 0 Å². The summed E-state index contributed by atoms with van der Waals surface area (Å²) >= 11 is 0. The Hall–Kier alpha value is -0.610. The summed E-state index contributed by atoms with van der Waals surface area (Å²) in [6.07, 6.45) is 1.81. The smallest absolute Gasteiger partial charge is 0.234 e. The fourth-order valence-electron chi connectivity index (χ4n) is 1.79. The van der Waals surface area contributed by atoms with Crippen molar-refractivity contribution >= 4 is 5.91 Å².